The third-order valence-electron chi connectivity index (χ3n) is 11.2. The van der Waals surface area contributed by atoms with E-state index in [-0.39, 0.29) is 0 Å². The number of hydrogen-bond acceptors (Lipinski definition) is 6. The van der Waals surface area contributed by atoms with E-state index in [2.05, 4.69) is 151 Å². The van der Waals surface area contributed by atoms with Gasteiger partial charge in [-0.25, -0.2) is 9.98 Å². The molecule has 0 amide bonds. The van der Waals surface area contributed by atoms with Gasteiger partial charge in [-0.05, 0) is 64.7 Å². The van der Waals surface area contributed by atoms with Crippen molar-refractivity contribution < 1.29 is 8.83 Å². The minimum atomic E-state index is -0.474. The van der Waals surface area contributed by atoms with Crippen molar-refractivity contribution in [1.29, 1.82) is 0 Å². The molecule has 8 aromatic carbocycles. The monoisotopic (exact) mass is 749 g/mol. The van der Waals surface area contributed by atoms with Crippen molar-refractivity contribution in [1.82, 2.24) is 5.32 Å². The normalized spacial score (nSPS) is 14.5. The van der Waals surface area contributed by atoms with E-state index in [1.165, 1.54) is 25.7 Å². The van der Waals surface area contributed by atoms with Gasteiger partial charge in [0.05, 0.1) is 5.56 Å². The van der Waals surface area contributed by atoms with E-state index in [4.69, 9.17) is 18.8 Å². The van der Waals surface area contributed by atoms with E-state index in [0.717, 1.165) is 77.3 Å². The average Bonchev–Trinajstić information content (AvgIpc) is 3.98. The Morgan fingerprint density at radius 1 is 0.456 bits per heavy atom. The molecule has 0 fully saturated rings. The van der Waals surface area contributed by atoms with Gasteiger partial charge in [-0.3, -0.25) is 0 Å². The first-order valence-corrected chi connectivity index (χ1v) is 19.9. The summed E-state index contributed by atoms with van der Waals surface area (Å²) >= 11 is 1.84. The molecule has 1 N–H and O–H groups in total. The molecule has 1 aliphatic rings. The number of aliphatic imine (C=N–C) groups is 2. The standard InChI is InChI=1S/C51H31N3O2S/c1-2-11-30(12-3-1)31-23-25-32(26-24-31)49-52-50(54-51(53-49)39-18-8-16-36-35-13-4-6-19-41(35)56-48(36)39)38-17-9-20-43-46(38)40-29-33(27-28-42(40)55-43)34-15-10-22-45-47(34)37-14-5-7-21-44(37)57-45/h1-29,50H,(H,52,53,54). The van der Waals surface area contributed by atoms with Crippen molar-refractivity contribution in [3.63, 3.8) is 0 Å². The fourth-order valence-electron chi connectivity index (χ4n) is 8.52. The molecule has 0 saturated carbocycles. The van der Waals surface area contributed by atoms with Gasteiger partial charge >= 0.3 is 0 Å². The summed E-state index contributed by atoms with van der Waals surface area (Å²) < 4.78 is 15.7. The van der Waals surface area contributed by atoms with Crippen LogP contribution in [0.3, 0.4) is 0 Å². The highest BCUT2D eigenvalue weighted by Crippen LogP contribution is 2.43. The highest BCUT2D eigenvalue weighted by Gasteiger charge is 2.27. The molecule has 6 heteroatoms. The fourth-order valence-corrected chi connectivity index (χ4v) is 9.65. The van der Waals surface area contributed by atoms with Crippen LogP contribution < -0.4 is 5.32 Å². The number of para-hydroxylation sites is 2. The van der Waals surface area contributed by atoms with Crippen molar-refractivity contribution in [2.75, 3.05) is 0 Å². The van der Waals surface area contributed by atoms with Crippen molar-refractivity contribution in [2.24, 2.45) is 9.98 Å². The number of benzene rings is 8. The summed E-state index contributed by atoms with van der Waals surface area (Å²) in [5.74, 6) is 1.34. The molecule has 12 rings (SSSR count). The maximum absolute atomic E-state index is 6.57. The Morgan fingerprint density at radius 2 is 1.12 bits per heavy atom. The smallest absolute Gasteiger partial charge is 0.159 e. The summed E-state index contributed by atoms with van der Waals surface area (Å²) in [5, 5.41) is 10.5. The molecule has 1 unspecified atom stereocenters. The third kappa shape index (κ3) is 5.15. The van der Waals surface area contributed by atoms with E-state index in [9.17, 15) is 0 Å². The van der Waals surface area contributed by atoms with Crippen LogP contribution in [0.25, 0.3) is 86.3 Å². The largest absolute Gasteiger partial charge is 0.456 e. The van der Waals surface area contributed by atoms with E-state index in [0.29, 0.717) is 11.7 Å². The van der Waals surface area contributed by atoms with Crippen molar-refractivity contribution in [3.05, 3.63) is 193 Å². The fraction of sp³-hybridized carbons (Fsp3) is 0.0196. The van der Waals surface area contributed by atoms with Gasteiger partial charge in [-0.15, -0.1) is 11.3 Å². The Kier molecular flexibility index (Phi) is 7.09. The van der Waals surface area contributed by atoms with E-state index in [1.54, 1.807) is 0 Å². The number of nitrogens with zero attached hydrogens (tertiary/aromatic N) is 2. The molecular weight excluding hydrogens is 719 g/mol. The number of thiophene rings is 1. The van der Waals surface area contributed by atoms with E-state index < -0.39 is 6.17 Å². The van der Waals surface area contributed by atoms with Gasteiger partial charge in [0, 0.05) is 52.8 Å². The van der Waals surface area contributed by atoms with Crippen LogP contribution in [0.2, 0.25) is 0 Å². The van der Waals surface area contributed by atoms with E-state index >= 15 is 0 Å². The second-order valence-electron chi connectivity index (χ2n) is 14.5. The number of nitrogens with one attached hydrogen (secondary N) is 1. The van der Waals surface area contributed by atoms with Crippen molar-refractivity contribution in [3.8, 4) is 22.3 Å². The number of fused-ring (bicyclic) bond motifs is 9. The minimum absolute atomic E-state index is 0.474. The summed E-state index contributed by atoms with van der Waals surface area (Å²) in [4.78, 5) is 10.6. The van der Waals surface area contributed by atoms with Gasteiger partial charge in [-0.2, -0.15) is 0 Å². The summed E-state index contributed by atoms with van der Waals surface area (Å²) in [5.41, 5.74) is 10.7. The first-order chi connectivity index (χ1) is 28.2. The predicted molar refractivity (Wildman–Crippen MR) is 237 cm³/mol. The van der Waals surface area contributed by atoms with Gasteiger partial charge < -0.3 is 14.2 Å². The molecule has 1 atom stereocenters. The highest BCUT2D eigenvalue weighted by atomic mass is 32.1. The highest BCUT2D eigenvalue weighted by molar-refractivity contribution is 7.25. The first-order valence-electron chi connectivity index (χ1n) is 19.1. The number of furan rings is 2. The van der Waals surface area contributed by atoms with Gasteiger partial charge in [0.25, 0.3) is 0 Å². The number of rotatable bonds is 5. The lowest BCUT2D eigenvalue weighted by Gasteiger charge is -2.24. The molecule has 0 aliphatic carbocycles. The van der Waals surface area contributed by atoms with Crippen LogP contribution in [-0.4, -0.2) is 11.7 Å². The molecule has 0 spiro atoms. The van der Waals surface area contributed by atoms with E-state index in [1.807, 2.05) is 41.7 Å². The molecule has 4 heterocycles. The van der Waals surface area contributed by atoms with Crippen LogP contribution in [0.15, 0.2) is 195 Å². The molecule has 3 aromatic heterocycles. The van der Waals surface area contributed by atoms with Gasteiger partial charge in [-0.1, -0.05) is 133 Å². The Hall–Kier alpha value is -7.28. The zero-order chi connectivity index (χ0) is 37.5. The summed E-state index contributed by atoms with van der Waals surface area (Å²) in [6.45, 7) is 0. The van der Waals surface area contributed by atoms with Gasteiger partial charge in [0.2, 0.25) is 0 Å². The van der Waals surface area contributed by atoms with Crippen LogP contribution in [-0.2, 0) is 0 Å². The Labute approximate surface area is 330 Å². The van der Waals surface area contributed by atoms with Crippen LogP contribution in [0.5, 0.6) is 0 Å². The Balaban J connectivity index is 1.04. The maximum atomic E-state index is 6.57. The molecular formula is C51H31N3O2S. The molecule has 0 saturated heterocycles. The molecule has 1 aliphatic heterocycles. The lowest BCUT2D eigenvalue weighted by molar-refractivity contribution is 0.657. The van der Waals surface area contributed by atoms with Crippen molar-refractivity contribution >= 4 is 87.1 Å². The third-order valence-corrected chi connectivity index (χ3v) is 12.3. The average molecular weight is 750 g/mol. The minimum Gasteiger partial charge on any atom is -0.456 e. The molecule has 5 nitrogen and oxygen atoms in total. The van der Waals surface area contributed by atoms with Crippen molar-refractivity contribution in [2.45, 2.75) is 6.17 Å². The molecule has 11 aromatic rings. The predicted octanol–water partition coefficient (Wildman–Crippen LogP) is 13.7. The second kappa shape index (κ2) is 12.6. The zero-order valence-electron chi connectivity index (χ0n) is 30.4. The Morgan fingerprint density at radius 3 is 2.04 bits per heavy atom. The number of amidine groups is 2. The van der Waals surface area contributed by atoms with Crippen LogP contribution >= 0.6 is 11.3 Å². The lowest BCUT2D eigenvalue weighted by Crippen LogP contribution is -2.33. The van der Waals surface area contributed by atoms with Gasteiger partial charge in [0.15, 0.2) is 5.84 Å². The number of hydrogen-bond donors (Lipinski definition) is 1. The Bertz CT molecular complexity index is 3440. The topological polar surface area (TPSA) is 63.0 Å². The molecule has 268 valence electrons. The zero-order valence-corrected chi connectivity index (χ0v) is 31.3. The quantitative estimate of drug-likeness (QED) is 0.191. The summed E-state index contributed by atoms with van der Waals surface area (Å²) in [6.07, 6.45) is -0.474. The SMILES string of the molecule is c1ccc(-c2ccc(C3=NC(c4cccc5oc6ccc(-c7cccc8sc9ccccc9c78)cc6c45)NC(c4cccc5c4oc4ccccc45)=N3)cc2)cc1. The van der Waals surface area contributed by atoms with Crippen LogP contribution in [0.1, 0.15) is 22.9 Å². The summed E-state index contributed by atoms with van der Waals surface area (Å²) in [6, 6.07) is 61.5. The van der Waals surface area contributed by atoms with Gasteiger partial charge in [0.1, 0.15) is 34.3 Å². The lowest BCUT2D eigenvalue weighted by atomic mass is 9.96. The molecule has 0 radical (unpaired) electrons. The van der Waals surface area contributed by atoms with Crippen LogP contribution in [0.4, 0.5) is 0 Å². The maximum Gasteiger partial charge on any atom is 0.159 e. The first kappa shape index (κ1) is 32.0. The van der Waals surface area contributed by atoms with Crippen LogP contribution in [0, 0.1) is 0 Å². The summed E-state index contributed by atoms with van der Waals surface area (Å²) in [7, 11) is 0. The second-order valence-corrected chi connectivity index (χ2v) is 15.6. The molecule has 57 heavy (non-hydrogen) atoms. The molecule has 0 bridgehead atoms.